The molecule has 7 heteroatoms. The van der Waals surface area contributed by atoms with Gasteiger partial charge in [-0.25, -0.2) is 13.4 Å². The first-order chi connectivity index (χ1) is 8.12. The zero-order valence-electron chi connectivity index (χ0n) is 9.26. The van der Waals surface area contributed by atoms with Crippen LogP contribution in [0, 0.1) is 0 Å². The largest absolute Gasteiger partial charge is 0.355 e. The molecule has 1 N–H and O–H groups in total. The van der Waals surface area contributed by atoms with Gasteiger partial charge >= 0.3 is 0 Å². The van der Waals surface area contributed by atoms with Gasteiger partial charge in [0, 0.05) is 19.3 Å². The van der Waals surface area contributed by atoms with Crippen molar-refractivity contribution in [3.8, 4) is 0 Å². The van der Waals surface area contributed by atoms with E-state index in [0.29, 0.717) is 11.5 Å². The normalized spacial score (nSPS) is 16.2. The fourth-order valence-electron chi connectivity index (χ4n) is 1.85. The molecule has 0 unspecified atom stereocenters. The minimum atomic E-state index is -3.48. The van der Waals surface area contributed by atoms with Gasteiger partial charge in [0.15, 0.2) is 5.82 Å². The first-order valence-electron chi connectivity index (χ1n) is 5.39. The molecule has 2 rings (SSSR count). The molecule has 1 aliphatic heterocycles. The van der Waals surface area contributed by atoms with Crippen LogP contribution in [0.5, 0.6) is 0 Å². The van der Waals surface area contributed by atoms with Crippen LogP contribution >= 0.6 is 11.6 Å². The fourth-order valence-corrected chi connectivity index (χ4v) is 2.56. The van der Waals surface area contributed by atoms with Gasteiger partial charge in [-0.05, 0) is 25.0 Å². The molecule has 1 aromatic heterocycles. The van der Waals surface area contributed by atoms with Crippen LogP contribution < -0.4 is 9.62 Å². The molecule has 1 aliphatic rings. The Bertz CT molecular complexity index is 486. The van der Waals surface area contributed by atoms with Crippen molar-refractivity contribution < 1.29 is 8.42 Å². The molecule has 0 saturated carbocycles. The van der Waals surface area contributed by atoms with Crippen molar-refractivity contribution in [3.05, 3.63) is 18.3 Å². The highest BCUT2D eigenvalue weighted by Gasteiger charge is 2.19. The summed E-state index contributed by atoms with van der Waals surface area (Å²) in [7, 11) is -3.48. The van der Waals surface area contributed by atoms with Gasteiger partial charge in [-0.15, -0.1) is 11.6 Å². The summed E-state index contributed by atoms with van der Waals surface area (Å²) in [5, 5.41) is -0.457. The van der Waals surface area contributed by atoms with Crippen LogP contribution in [0.2, 0.25) is 0 Å². The quantitative estimate of drug-likeness (QED) is 0.848. The Morgan fingerprint density at radius 2 is 2.12 bits per heavy atom. The Morgan fingerprint density at radius 3 is 2.76 bits per heavy atom. The van der Waals surface area contributed by atoms with E-state index in [-0.39, 0.29) is 0 Å². The number of aromatic nitrogens is 1. The third kappa shape index (κ3) is 3.01. The predicted octanol–water partition coefficient (Wildman–Crippen LogP) is 1.62. The SMILES string of the molecule is O=S(=O)(CCl)Nc1cccnc1N1CCCC1. The summed E-state index contributed by atoms with van der Waals surface area (Å²) in [6, 6.07) is 3.40. The number of hydrogen-bond acceptors (Lipinski definition) is 4. The lowest BCUT2D eigenvalue weighted by Crippen LogP contribution is -2.22. The molecule has 0 aliphatic carbocycles. The number of anilines is 2. The maximum Gasteiger partial charge on any atom is 0.246 e. The zero-order valence-corrected chi connectivity index (χ0v) is 10.8. The van der Waals surface area contributed by atoms with Crippen molar-refractivity contribution in [1.82, 2.24) is 4.98 Å². The van der Waals surface area contributed by atoms with Gasteiger partial charge in [-0.3, -0.25) is 4.72 Å². The number of alkyl halides is 1. The van der Waals surface area contributed by atoms with E-state index in [1.807, 2.05) is 0 Å². The van der Waals surface area contributed by atoms with E-state index in [9.17, 15) is 8.42 Å². The first-order valence-corrected chi connectivity index (χ1v) is 7.57. The molecule has 5 nitrogen and oxygen atoms in total. The second kappa shape index (κ2) is 5.10. The average Bonchev–Trinajstić information content (AvgIpc) is 2.83. The Morgan fingerprint density at radius 1 is 1.41 bits per heavy atom. The molecule has 0 spiro atoms. The summed E-state index contributed by atoms with van der Waals surface area (Å²) in [5.74, 6) is 0.679. The summed E-state index contributed by atoms with van der Waals surface area (Å²) < 4.78 is 25.3. The number of nitrogens with one attached hydrogen (secondary N) is 1. The Hall–Kier alpha value is -1.01. The third-order valence-electron chi connectivity index (χ3n) is 2.60. The van der Waals surface area contributed by atoms with Gasteiger partial charge in [-0.1, -0.05) is 0 Å². The van der Waals surface area contributed by atoms with Crippen LogP contribution in [-0.4, -0.2) is 31.7 Å². The van der Waals surface area contributed by atoms with Gasteiger partial charge in [0.2, 0.25) is 10.0 Å². The molecule has 0 radical (unpaired) electrons. The van der Waals surface area contributed by atoms with E-state index in [1.165, 1.54) is 0 Å². The molecule has 1 saturated heterocycles. The van der Waals surface area contributed by atoms with Crippen LogP contribution in [0.3, 0.4) is 0 Å². The number of sulfonamides is 1. The predicted molar refractivity (Wildman–Crippen MR) is 68.9 cm³/mol. The number of hydrogen-bond donors (Lipinski definition) is 1. The van der Waals surface area contributed by atoms with E-state index in [4.69, 9.17) is 11.6 Å². The summed E-state index contributed by atoms with van der Waals surface area (Å²) in [4.78, 5) is 6.31. The highest BCUT2D eigenvalue weighted by Crippen LogP contribution is 2.26. The Labute approximate surface area is 106 Å². The van der Waals surface area contributed by atoms with E-state index in [1.54, 1.807) is 18.3 Å². The molecular formula is C10H14ClN3O2S. The van der Waals surface area contributed by atoms with Crippen molar-refractivity contribution in [3.63, 3.8) is 0 Å². The van der Waals surface area contributed by atoms with Gasteiger partial charge in [0.25, 0.3) is 0 Å². The molecule has 17 heavy (non-hydrogen) atoms. The van der Waals surface area contributed by atoms with Crippen molar-refractivity contribution in [2.24, 2.45) is 0 Å². The maximum absolute atomic E-state index is 11.4. The monoisotopic (exact) mass is 275 g/mol. The topological polar surface area (TPSA) is 62.3 Å². The molecule has 0 bridgehead atoms. The Balaban J connectivity index is 2.27. The maximum atomic E-state index is 11.4. The third-order valence-corrected chi connectivity index (χ3v) is 4.28. The smallest absolute Gasteiger partial charge is 0.246 e. The lowest BCUT2D eigenvalue weighted by molar-refractivity contribution is 0.605. The summed E-state index contributed by atoms with van der Waals surface area (Å²) in [6.45, 7) is 1.82. The van der Waals surface area contributed by atoms with Crippen LogP contribution in [-0.2, 0) is 10.0 Å². The van der Waals surface area contributed by atoms with Gasteiger partial charge in [-0.2, -0.15) is 0 Å². The Kier molecular flexibility index (Phi) is 3.73. The zero-order chi connectivity index (χ0) is 12.3. The summed E-state index contributed by atoms with van der Waals surface area (Å²) >= 11 is 5.37. The lowest BCUT2D eigenvalue weighted by Gasteiger charge is -2.19. The van der Waals surface area contributed by atoms with Crippen molar-refractivity contribution >= 4 is 33.1 Å². The molecule has 2 heterocycles. The van der Waals surface area contributed by atoms with E-state index in [0.717, 1.165) is 25.9 Å². The average molecular weight is 276 g/mol. The van der Waals surface area contributed by atoms with Crippen molar-refractivity contribution in [2.45, 2.75) is 12.8 Å². The molecule has 1 aromatic rings. The number of pyridine rings is 1. The first kappa shape index (κ1) is 12.4. The fraction of sp³-hybridized carbons (Fsp3) is 0.500. The second-order valence-electron chi connectivity index (χ2n) is 3.89. The molecular weight excluding hydrogens is 262 g/mol. The number of rotatable bonds is 4. The molecule has 0 atom stereocenters. The molecule has 0 aromatic carbocycles. The second-order valence-corrected chi connectivity index (χ2v) is 6.20. The highest BCUT2D eigenvalue weighted by atomic mass is 35.5. The van der Waals surface area contributed by atoms with Gasteiger partial charge in [0.05, 0.1) is 5.69 Å². The van der Waals surface area contributed by atoms with E-state index in [2.05, 4.69) is 14.6 Å². The molecule has 1 fully saturated rings. The van der Waals surface area contributed by atoms with Crippen LogP contribution in [0.4, 0.5) is 11.5 Å². The van der Waals surface area contributed by atoms with Crippen molar-refractivity contribution in [2.75, 3.05) is 27.9 Å². The molecule has 0 amide bonds. The number of halogens is 1. The van der Waals surface area contributed by atoms with Crippen molar-refractivity contribution in [1.29, 1.82) is 0 Å². The van der Waals surface area contributed by atoms with E-state index >= 15 is 0 Å². The van der Waals surface area contributed by atoms with Crippen LogP contribution in [0.25, 0.3) is 0 Å². The van der Waals surface area contributed by atoms with Gasteiger partial charge in [0.1, 0.15) is 5.21 Å². The highest BCUT2D eigenvalue weighted by molar-refractivity contribution is 7.93. The van der Waals surface area contributed by atoms with Gasteiger partial charge < -0.3 is 4.90 Å². The number of nitrogens with zero attached hydrogens (tertiary/aromatic N) is 2. The summed E-state index contributed by atoms with van der Waals surface area (Å²) in [5.41, 5.74) is 0.495. The van der Waals surface area contributed by atoms with E-state index < -0.39 is 15.2 Å². The van der Waals surface area contributed by atoms with Crippen LogP contribution in [0.1, 0.15) is 12.8 Å². The lowest BCUT2D eigenvalue weighted by atomic mass is 10.4. The standard InChI is InChI=1S/C10H14ClN3O2S/c11-8-17(15,16)13-9-4-3-5-12-10(9)14-6-1-2-7-14/h3-5,13H,1-2,6-8H2. The molecule has 94 valence electrons. The minimum Gasteiger partial charge on any atom is -0.355 e. The summed E-state index contributed by atoms with van der Waals surface area (Å²) in [6.07, 6.45) is 3.88. The van der Waals surface area contributed by atoms with Crippen LogP contribution in [0.15, 0.2) is 18.3 Å². The minimum absolute atomic E-state index is 0.457.